The molecule has 1 unspecified atom stereocenters. The van der Waals surface area contributed by atoms with Crippen molar-refractivity contribution in [1.29, 1.82) is 0 Å². The van der Waals surface area contributed by atoms with Crippen LogP contribution in [-0.2, 0) is 17.3 Å². The van der Waals surface area contributed by atoms with Gasteiger partial charge in [0.15, 0.2) is 0 Å². The van der Waals surface area contributed by atoms with E-state index in [0.717, 1.165) is 19.4 Å². The molecule has 0 bridgehead atoms. The van der Waals surface area contributed by atoms with E-state index in [9.17, 15) is 8.42 Å². The highest BCUT2D eigenvalue weighted by atomic mass is 32.2. The molecule has 1 aromatic rings. The molecule has 3 N–H and O–H groups in total. The molecule has 1 saturated heterocycles. The molecule has 0 aromatic carbocycles. The van der Waals surface area contributed by atoms with Crippen molar-refractivity contribution >= 4 is 15.9 Å². The second-order valence-corrected chi connectivity index (χ2v) is 6.35. The summed E-state index contributed by atoms with van der Waals surface area (Å²) < 4.78 is 26.2. The Morgan fingerprint density at radius 3 is 2.83 bits per heavy atom. The highest BCUT2D eigenvalue weighted by Gasteiger charge is 2.31. The van der Waals surface area contributed by atoms with E-state index in [1.807, 2.05) is 0 Å². The Morgan fingerprint density at radius 2 is 2.39 bits per heavy atom. The lowest BCUT2D eigenvalue weighted by Gasteiger charge is -2.25. The van der Waals surface area contributed by atoms with Gasteiger partial charge in [0, 0.05) is 26.1 Å². The first-order chi connectivity index (χ1) is 8.38. The molecule has 0 saturated carbocycles. The van der Waals surface area contributed by atoms with Gasteiger partial charge in [-0.3, -0.25) is 4.68 Å². The Hall–Kier alpha value is -1.12. The van der Waals surface area contributed by atoms with E-state index in [1.165, 1.54) is 15.4 Å². The van der Waals surface area contributed by atoms with Crippen molar-refractivity contribution in [2.45, 2.75) is 18.9 Å². The summed E-state index contributed by atoms with van der Waals surface area (Å²) in [5.41, 5.74) is 0.528. The molecule has 1 aliphatic heterocycles. The summed E-state index contributed by atoms with van der Waals surface area (Å²) in [4.78, 5) is 1.35. The smallest absolute Gasteiger partial charge is 0.299 e. The third-order valence-electron chi connectivity index (χ3n) is 3.49. The zero-order valence-electron chi connectivity index (χ0n) is 10.7. The van der Waals surface area contributed by atoms with Crippen LogP contribution >= 0.6 is 0 Å². The average molecular weight is 274 g/mol. The van der Waals surface area contributed by atoms with Crippen molar-refractivity contribution in [3.63, 3.8) is 0 Å². The van der Waals surface area contributed by atoms with Gasteiger partial charge in [-0.2, -0.15) is 13.5 Å². The van der Waals surface area contributed by atoms with E-state index in [0.29, 0.717) is 18.3 Å². The SMILES string of the molecule is Cn1cc(N(C[C@H]2CCC[NH+]2C)S(N)(=O)=O)cn1. The van der Waals surface area contributed by atoms with Crippen molar-refractivity contribution in [2.75, 3.05) is 24.4 Å². The number of quaternary nitrogens is 1. The van der Waals surface area contributed by atoms with Gasteiger partial charge in [0.2, 0.25) is 0 Å². The molecule has 102 valence electrons. The van der Waals surface area contributed by atoms with E-state index >= 15 is 0 Å². The number of likely N-dealkylation sites (N-methyl/N-ethyl adjacent to an activating group) is 1. The Kier molecular flexibility index (Phi) is 3.60. The Labute approximate surface area is 107 Å². The van der Waals surface area contributed by atoms with Crippen LogP contribution in [0.5, 0.6) is 0 Å². The first kappa shape index (κ1) is 13.3. The molecule has 18 heavy (non-hydrogen) atoms. The van der Waals surface area contributed by atoms with Crippen LogP contribution in [0.1, 0.15) is 12.8 Å². The number of aryl methyl sites for hydroxylation is 1. The van der Waals surface area contributed by atoms with Gasteiger partial charge in [-0.15, -0.1) is 0 Å². The second kappa shape index (κ2) is 4.87. The predicted octanol–water partition coefficient (Wildman–Crippen LogP) is -1.89. The number of nitrogens with one attached hydrogen (secondary N) is 1. The average Bonchev–Trinajstić information content (AvgIpc) is 2.82. The minimum Gasteiger partial charge on any atom is -0.333 e. The summed E-state index contributed by atoms with van der Waals surface area (Å²) in [7, 11) is 0.0845. The number of rotatable bonds is 4. The topological polar surface area (TPSA) is 85.7 Å². The maximum absolute atomic E-state index is 11.7. The third kappa shape index (κ3) is 2.82. The van der Waals surface area contributed by atoms with Crippen molar-refractivity contribution in [3.05, 3.63) is 12.4 Å². The molecule has 1 aliphatic rings. The minimum atomic E-state index is -3.75. The fourth-order valence-electron chi connectivity index (χ4n) is 2.42. The normalized spacial score (nSPS) is 24.4. The van der Waals surface area contributed by atoms with Crippen LogP contribution in [0.3, 0.4) is 0 Å². The molecule has 0 amide bonds. The minimum absolute atomic E-state index is 0.295. The number of aromatic nitrogens is 2. The lowest BCUT2D eigenvalue weighted by Crippen LogP contribution is -3.11. The van der Waals surface area contributed by atoms with Gasteiger partial charge in [0.25, 0.3) is 10.2 Å². The van der Waals surface area contributed by atoms with Crippen LogP contribution in [0.25, 0.3) is 0 Å². The summed E-state index contributed by atoms with van der Waals surface area (Å²) in [5.74, 6) is 0. The number of likely N-dealkylation sites (tertiary alicyclic amines) is 1. The van der Waals surface area contributed by atoms with Gasteiger partial charge < -0.3 is 4.90 Å². The molecule has 2 atom stereocenters. The molecule has 2 heterocycles. The van der Waals surface area contributed by atoms with Crippen LogP contribution in [0.2, 0.25) is 0 Å². The number of nitrogens with zero attached hydrogens (tertiary/aromatic N) is 3. The van der Waals surface area contributed by atoms with Gasteiger partial charge in [0.05, 0.1) is 32.0 Å². The molecule has 1 fully saturated rings. The van der Waals surface area contributed by atoms with Crippen LogP contribution in [0.4, 0.5) is 5.69 Å². The number of anilines is 1. The molecule has 2 rings (SSSR count). The van der Waals surface area contributed by atoms with Gasteiger partial charge in [-0.25, -0.2) is 9.44 Å². The molecular weight excluding hydrogens is 254 g/mol. The van der Waals surface area contributed by atoms with Crippen molar-refractivity contribution in [1.82, 2.24) is 9.78 Å². The van der Waals surface area contributed by atoms with Crippen LogP contribution in [0.15, 0.2) is 12.4 Å². The second-order valence-electron chi connectivity index (χ2n) is 4.88. The standard InChI is InChI=1S/C10H19N5O2S/c1-13-5-3-4-9(13)8-15(18(11,16)17)10-6-12-14(2)7-10/h6-7,9H,3-5,8H2,1-2H3,(H2,11,16,17)/p+1/t9-/m1/s1. The van der Waals surface area contributed by atoms with Crippen molar-refractivity contribution < 1.29 is 13.3 Å². The van der Waals surface area contributed by atoms with Crippen LogP contribution in [0, 0.1) is 0 Å². The fourth-order valence-corrected chi connectivity index (χ4v) is 3.19. The summed E-state index contributed by atoms with van der Waals surface area (Å²) >= 11 is 0. The molecule has 0 radical (unpaired) electrons. The predicted molar refractivity (Wildman–Crippen MR) is 68.4 cm³/mol. The summed E-state index contributed by atoms with van der Waals surface area (Å²) in [6, 6.07) is 0.295. The Morgan fingerprint density at radius 1 is 1.67 bits per heavy atom. The zero-order chi connectivity index (χ0) is 13.3. The zero-order valence-corrected chi connectivity index (χ0v) is 11.5. The van der Waals surface area contributed by atoms with E-state index in [-0.39, 0.29) is 0 Å². The largest absolute Gasteiger partial charge is 0.333 e. The fraction of sp³-hybridized carbons (Fsp3) is 0.700. The maximum Gasteiger partial charge on any atom is 0.299 e. The van der Waals surface area contributed by atoms with E-state index in [2.05, 4.69) is 12.1 Å². The molecule has 0 aliphatic carbocycles. The molecule has 7 nitrogen and oxygen atoms in total. The number of hydrogen-bond acceptors (Lipinski definition) is 3. The quantitative estimate of drug-likeness (QED) is 0.673. The lowest BCUT2D eigenvalue weighted by molar-refractivity contribution is -0.890. The Bertz CT molecular complexity index is 512. The molecule has 8 heteroatoms. The van der Waals surface area contributed by atoms with Gasteiger partial charge in [-0.1, -0.05) is 0 Å². The monoisotopic (exact) mass is 274 g/mol. The third-order valence-corrected chi connectivity index (χ3v) is 4.47. The summed E-state index contributed by atoms with van der Waals surface area (Å²) in [6.07, 6.45) is 5.34. The highest BCUT2D eigenvalue weighted by Crippen LogP contribution is 2.16. The molecule has 1 aromatic heterocycles. The highest BCUT2D eigenvalue weighted by molar-refractivity contribution is 7.90. The van der Waals surface area contributed by atoms with Crippen molar-refractivity contribution in [2.24, 2.45) is 12.2 Å². The van der Waals surface area contributed by atoms with Crippen molar-refractivity contribution in [3.8, 4) is 0 Å². The van der Waals surface area contributed by atoms with Gasteiger partial charge in [-0.05, 0) is 0 Å². The maximum atomic E-state index is 11.7. The first-order valence-electron chi connectivity index (χ1n) is 5.99. The van der Waals surface area contributed by atoms with Crippen LogP contribution < -0.4 is 14.3 Å². The van der Waals surface area contributed by atoms with E-state index in [1.54, 1.807) is 17.9 Å². The summed E-state index contributed by atoms with van der Waals surface area (Å²) in [6.45, 7) is 1.49. The molecular formula is C10H20N5O2S+. The Balaban J connectivity index is 2.21. The van der Waals surface area contributed by atoms with Crippen LogP contribution in [-0.4, -0.2) is 44.4 Å². The van der Waals surface area contributed by atoms with E-state index in [4.69, 9.17) is 5.14 Å². The molecule has 0 spiro atoms. The first-order valence-corrected chi connectivity index (χ1v) is 7.49. The number of hydrogen-bond donors (Lipinski definition) is 2. The van der Waals surface area contributed by atoms with Gasteiger partial charge in [0.1, 0.15) is 6.04 Å². The van der Waals surface area contributed by atoms with E-state index < -0.39 is 10.2 Å². The number of nitrogens with two attached hydrogens (primary N) is 1. The van der Waals surface area contributed by atoms with Gasteiger partial charge >= 0.3 is 0 Å². The lowest BCUT2D eigenvalue weighted by atomic mass is 10.2. The summed E-state index contributed by atoms with van der Waals surface area (Å²) in [5, 5.41) is 9.29.